The van der Waals surface area contributed by atoms with Crippen LogP contribution in [0, 0.1) is 5.92 Å². The van der Waals surface area contributed by atoms with Gasteiger partial charge in [0.05, 0.1) is 0 Å². The van der Waals surface area contributed by atoms with Crippen LogP contribution in [0.1, 0.15) is 55.5 Å². The van der Waals surface area contributed by atoms with Gasteiger partial charge in [-0.3, -0.25) is 14.5 Å². The Morgan fingerprint density at radius 1 is 1.00 bits per heavy atom. The predicted octanol–water partition coefficient (Wildman–Crippen LogP) is 3.05. The molecule has 2 aliphatic heterocycles. The molecule has 0 unspecified atom stereocenters. The minimum atomic E-state index is 0.126. The Bertz CT molecular complexity index is 660. The number of piperidine rings is 1. The van der Waals surface area contributed by atoms with Gasteiger partial charge in [0.2, 0.25) is 5.91 Å². The summed E-state index contributed by atoms with van der Waals surface area (Å²) in [6.45, 7) is 11.8. The Morgan fingerprint density at radius 2 is 1.71 bits per heavy atom. The number of likely N-dealkylation sites (tertiary alicyclic amines) is 1. The minimum Gasteiger partial charge on any atom is -0.340 e. The van der Waals surface area contributed by atoms with E-state index in [1.54, 1.807) is 6.92 Å². The van der Waals surface area contributed by atoms with Gasteiger partial charge in [-0.05, 0) is 63.4 Å². The van der Waals surface area contributed by atoms with Gasteiger partial charge in [-0.25, -0.2) is 0 Å². The Kier molecular flexibility index (Phi) is 7.63. The van der Waals surface area contributed by atoms with Crippen LogP contribution in [0.2, 0.25) is 0 Å². The molecule has 154 valence electrons. The van der Waals surface area contributed by atoms with E-state index in [0.29, 0.717) is 18.2 Å². The van der Waals surface area contributed by atoms with Crippen LogP contribution in [0.15, 0.2) is 24.3 Å². The number of ketones is 1. The maximum absolute atomic E-state index is 12.5. The maximum Gasteiger partial charge on any atom is 0.222 e. The smallest absolute Gasteiger partial charge is 0.222 e. The topological polar surface area (TPSA) is 43.9 Å². The number of nitrogens with zero attached hydrogens (tertiary/aromatic N) is 3. The van der Waals surface area contributed by atoms with Crippen LogP contribution in [0.4, 0.5) is 0 Å². The number of amides is 1. The van der Waals surface area contributed by atoms with E-state index in [-0.39, 0.29) is 5.78 Å². The van der Waals surface area contributed by atoms with Crippen molar-refractivity contribution >= 4 is 11.7 Å². The molecule has 0 saturated carbocycles. The fraction of sp³-hybridized carbons (Fsp3) is 0.652. The van der Waals surface area contributed by atoms with Crippen molar-refractivity contribution in [1.82, 2.24) is 14.7 Å². The van der Waals surface area contributed by atoms with Crippen molar-refractivity contribution in [2.45, 2.75) is 46.1 Å². The molecule has 0 N–H and O–H groups in total. The lowest BCUT2D eigenvalue weighted by Gasteiger charge is -2.35. The van der Waals surface area contributed by atoms with Crippen molar-refractivity contribution in [3.63, 3.8) is 0 Å². The number of hydrogen-bond donors (Lipinski definition) is 0. The monoisotopic (exact) mass is 385 g/mol. The van der Waals surface area contributed by atoms with E-state index in [4.69, 9.17) is 0 Å². The van der Waals surface area contributed by atoms with Crippen LogP contribution in [0.25, 0.3) is 0 Å². The highest BCUT2D eigenvalue weighted by molar-refractivity contribution is 5.94. The van der Waals surface area contributed by atoms with E-state index in [9.17, 15) is 9.59 Å². The van der Waals surface area contributed by atoms with Crippen molar-refractivity contribution in [1.29, 1.82) is 0 Å². The second-order valence-electron chi connectivity index (χ2n) is 8.33. The molecule has 5 nitrogen and oxygen atoms in total. The number of Topliss-reactive ketones (excluding diaryl/α,β-unsaturated/α-hetero) is 1. The van der Waals surface area contributed by atoms with Gasteiger partial charge in [0.1, 0.15) is 0 Å². The predicted molar refractivity (Wildman–Crippen MR) is 112 cm³/mol. The zero-order valence-electron chi connectivity index (χ0n) is 17.5. The zero-order valence-corrected chi connectivity index (χ0v) is 17.5. The van der Waals surface area contributed by atoms with Gasteiger partial charge in [-0.2, -0.15) is 0 Å². The molecule has 2 aliphatic rings. The molecule has 0 aromatic heterocycles. The molecule has 2 fully saturated rings. The van der Waals surface area contributed by atoms with E-state index in [0.717, 1.165) is 64.3 Å². The van der Waals surface area contributed by atoms with E-state index in [1.807, 2.05) is 18.2 Å². The quantitative estimate of drug-likeness (QED) is 0.677. The minimum absolute atomic E-state index is 0.126. The summed E-state index contributed by atoms with van der Waals surface area (Å²) in [5, 5.41) is 0. The zero-order chi connectivity index (χ0) is 19.9. The maximum atomic E-state index is 12.5. The number of benzene rings is 1. The number of piperazine rings is 1. The van der Waals surface area contributed by atoms with Crippen molar-refractivity contribution in [3.05, 3.63) is 35.4 Å². The first-order valence-corrected chi connectivity index (χ1v) is 10.9. The third-order valence-electron chi connectivity index (χ3n) is 6.39. The van der Waals surface area contributed by atoms with Crippen LogP contribution >= 0.6 is 0 Å². The Hall–Kier alpha value is -1.72. The fourth-order valence-electron chi connectivity index (χ4n) is 4.38. The van der Waals surface area contributed by atoms with Crippen molar-refractivity contribution in [2.75, 3.05) is 45.8 Å². The summed E-state index contributed by atoms with van der Waals surface area (Å²) in [6.07, 6.45) is 4.07. The molecule has 2 saturated heterocycles. The van der Waals surface area contributed by atoms with Crippen LogP contribution in [-0.2, 0) is 11.3 Å². The molecule has 1 aromatic rings. The summed E-state index contributed by atoms with van der Waals surface area (Å²) in [5.41, 5.74) is 2.01. The van der Waals surface area contributed by atoms with E-state index >= 15 is 0 Å². The average molecular weight is 386 g/mol. The van der Waals surface area contributed by atoms with Crippen LogP contribution in [0.5, 0.6) is 0 Å². The highest BCUT2D eigenvalue weighted by Gasteiger charge is 2.23. The fourth-order valence-corrected chi connectivity index (χ4v) is 4.38. The molecule has 0 atom stereocenters. The standard InChI is InChI=1S/C23H35N3O2/c1-3-24-13-15-26(16-14-24)23(28)8-7-20-9-11-25(12-10-20)18-21-5-4-6-22(17-21)19(2)27/h4-6,17,20H,3,7-16,18H2,1-2H3. The second-order valence-corrected chi connectivity index (χ2v) is 8.33. The molecule has 2 heterocycles. The molecule has 1 aromatic carbocycles. The number of likely N-dealkylation sites (N-methyl/N-ethyl adjacent to an activating group) is 1. The highest BCUT2D eigenvalue weighted by Crippen LogP contribution is 2.24. The third kappa shape index (κ3) is 5.89. The molecule has 0 radical (unpaired) electrons. The summed E-state index contributed by atoms with van der Waals surface area (Å²) >= 11 is 0. The number of hydrogen-bond acceptors (Lipinski definition) is 4. The van der Waals surface area contributed by atoms with E-state index in [1.165, 1.54) is 18.4 Å². The van der Waals surface area contributed by atoms with E-state index < -0.39 is 0 Å². The van der Waals surface area contributed by atoms with Crippen molar-refractivity contribution in [2.24, 2.45) is 5.92 Å². The van der Waals surface area contributed by atoms with Gasteiger partial charge in [0, 0.05) is 44.7 Å². The lowest BCUT2D eigenvalue weighted by molar-refractivity contribution is -0.133. The largest absolute Gasteiger partial charge is 0.340 e. The van der Waals surface area contributed by atoms with Gasteiger partial charge in [-0.1, -0.05) is 25.1 Å². The molecule has 1 amide bonds. The third-order valence-corrected chi connectivity index (χ3v) is 6.39. The summed E-state index contributed by atoms with van der Waals surface area (Å²) in [7, 11) is 0. The van der Waals surface area contributed by atoms with E-state index in [2.05, 4.69) is 27.7 Å². The number of carbonyl (C=O) groups is 2. The van der Waals surface area contributed by atoms with Crippen LogP contribution in [-0.4, -0.2) is 72.2 Å². The molecule has 3 rings (SSSR count). The Morgan fingerprint density at radius 3 is 2.36 bits per heavy atom. The molecule has 5 heteroatoms. The SMILES string of the molecule is CCN1CCN(C(=O)CCC2CCN(Cc3cccc(C(C)=O)c3)CC2)CC1. The van der Waals surface area contributed by atoms with Gasteiger partial charge < -0.3 is 9.80 Å². The molecule has 0 spiro atoms. The first-order valence-electron chi connectivity index (χ1n) is 10.9. The number of carbonyl (C=O) groups excluding carboxylic acids is 2. The first-order chi connectivity index (χ1) is 13.5. The summed E-state index contributed by atoms with van der Waals surface area (Å²) in [4.78, 5) is 31.0. The molecule has 0 bridgehead atoms. The lowest BCUT2D eigenvalue weighted by atomic mass is 9.91. The normalized spacial score (nSPS) is 19.7. The second kappa shape index (κ2) is 10.2. The van der Waals surface area contributed by atoms with Gasteiger partial charge in [0.25, 0.3) is 0 Å². The summed E-state index contributed by atoms with van der Waals surface area (Å²) in [5.74, 6) is 1.14. The number of rotatable bonds is 7. The van der Waals surface area contributed by atoms with Gasteiger partial charge in [0.15, 0.2) is 5.78 Å². The summed E-state index contributed by atoms with van der Waals surface area (Å²) < 4.78 is 0. The Balaban J connectivity index is 1.37. The van der Waals surface area contributed by atoms with Gasteiger partial charge in [-0.15, -0.1) is 0 Å². The average Bonchev–Trinajstić information content (AvgIpc) is 2.73. The Labute approximate surface area is 169 Å². The lowest BCUT2D eigenvalue weighted by Crippen LogP contribution is -2.48. The van der Waals surface area contributed by atoms with Gasteiger partial charge >= 0.3 is 0 Å². The summed E-state index contributed by atoms with van der Waals surface area (Å²) in [6, 6.07) is 7.99. The highest BCUT2D eigenvalue weighted by atomic mass is 16.2. The molecular weight excluding hydrogens is 350 g/mol. The van der Waals surface area contributed by atoms with Crippen LogP contribution in [0.3, 0.4) is 0 Å². The molecular formula is C23H35N3O2. The molecule has 28 heavy (non-hydrogen) atoms. The van der Waals surface area contributed by atoms with Crippen LogP contribution < -0.4 is 0 Å². The van der Waals surface area contributed by atoms with Crippen molar-refractivity contribution in [3.8, 4) is 0 Å². The van der Waals surface area contributed by atoms with Crippen molar-refractivity contribution < 1.29 is 9.59 Å². The first kappa shape index (κ1) is 21.0. The molecule has 0 aliphatic carbocycles.